The minimum absolute atomic E-state index is 0.809. The fourth-order valence-corrected chi connectivity index (χ4v) is 1.61. The predicted molar refractivity (Wildman–Crippen MR) is 55.7 cm³/mol. The number of para-hydroxylation sites is 1. The molecule has 0 aliphatic rings. The average Bonchev–Trinajstić information content (AvgIpc) is 2.47. The van der Waals surface area contributed by atoms with Crippen molar-refractivity contribution in [2.75, 3.05) is 0 Å². The number of aromatic amines is 1. The third-order valence-corrected chi connectivity index (χ3v) is 2.16. The Morgan fingerprint density at radius 1 is 1.23 bits per heavy atom. The molecule has 0 amide bonds. The molecule has 3 heteroatoms. The van der Waals surface area contributed by atoms with Gasteiger partial charge in [-0.15, -0.1) is 0 Å². The molecule has 0 spiro atoms. The zero-order chi connectivity index (χ0) is 9.26. The summed E-state index contributed by atoms with van der Waals surface area (Å²) in [4.78, 5) is 0. The number of nitrogens with zero attached hydrogens (tertiary/aromatic N) is 1. The van der Waals surface area contributed by atoms with E-state index in [-0.39, 0.29) is 0 Å². The first-order valence-corrected chi connectivity index (χ1v) is 4.52. The topological polar surface area (TPSA) is 20.7 Å². The van der Waals surface area contributed by atoms with Crippen LogP contribution >= 0.6 is 12.2 Å². The van der Waals surface area contributed by atoms with Gasteiger partial charge in [0, 0.05) is 5.69 Å². The Bertz CT molecular complexity index is 453. The molecule has 0 unspecified atom stereocenters. The highest BCUT2D eigenvalue weighted by molar-refractivity contribution is 7.71. The molecule has 0 saturated carbocycles. The molecule has 1 N–H and O–H groups in total. The molecule has 2 rings (SSSR count). The lowest BCUT2D eigenvalue weighted by Crippen LogP contribution is -1.95. The van der Waals surface area contributed by atoms with E-state index in [0.717, 1.165) is 16.0 Å². The molecule has 0 saturated heterocycles. The minimum Gasteiger partial charge on any atom is -0.297 e. The largest absolute Gasteiger partial charge is 0.297 e. The summed E-state index contributed by atoms with van der Waals surface area (Å²) in [6, 6.07) is 12.0. The Kier molecular flexibility index (Phi) is 2.02. The van der Waals surface area contributed by atoms with Crippen LogP contribution in [0.1, 0.15) is 5.69 Å². The lowest BCUT2D eigenvalue weighted by molar-refractivity contribution is 0.853. The van der Waals surface area contributed by atoms with E-state index in [1.807, 2.05) is 48.0 Å². The average molecular weight is 190 g/mol. The maximum atomic E-state index is 5.19. The SMILES string of the molecule is Cc1cc(=S)n(-c2ccccc2)[nH]1. The molecule has 0 fully saturated rings. The van der Waals surface area contributed by atoms with E-state index in [2.05, 4.69) is 5.10 Å². The summed E-state index contributed by atoms with van der Waals surface area (Å²) in [6.45, 7) is 2.00. The summed E-state index contributed by atoms with van der Waals surface area (Å²) in [5.41, 5.74) is 2.15. The molecule has 0 bridgehead atoms. The Labute approximate surface area is 81.8 Å². The maximum Gasteiger partial charge on any atom is 0.127 e. The van der Waals surface area contributed by atoms with Gasteiger partial charge in [0.25, 0.3) is 0 Å². The van der Waals surface area contributed by atoms with Gasteiger partial charge in [0.05, 0.1) is 5.69 Å². The number of rotatable bonds is 1. The fourth-order valence-electron chi connectivity index (χ4n) is 1.28. The third kappa shape index (κ3) is 1.55. The lowest BCUT2D eigenvalue weighted by Gasteiger charge is -2.00. The summed E-state index contributed by atoms with van der Waals surface area (Å²) >= 11 is 5.19. The van der Waals surface area contributed by atoms with Gasteiger partial charge in [0.2, 0.25) is 0 Å². The van der Waals surface area contributed by atoms with Crippen molar-refractivity contribution in [2.45, 2.75) is 6.92 Å². The summed E-state index contributed by atoms with van der Waals surface area (Å²) in [5.74, 6) is 0. The number of nitrogens with one attached hydrogen (secondary N) is 1. The molecule has 1 aromatic heterocycles. The van der Waals surface area contributed by atoms with Gasteiger partial charge in [0.15, 0.2) is 0 Å². The highest BCUT2D eigenvalue weighted by atomic mass is 32.1. The zero-order valence-corrected chi connectivity index (χ0v) is 8.14. The van der Waals surface area contributed by atoms with Gasteiger partial charge in [0.1, 0.15) is 4.64 Å². The van der Waals surface area contributed by atoms with Crippen LogP contribution in [0.3, 0.4) is 0 Å². The van der Waals surface area contributed by atoms with Crippen LogP contribution in [0, 0.1) is 11.6 Å². The van der Waals surface area contributed by atoms with Crippen molar-refractivity contribution >= 4 is 12.2 Å². The summed E-state index contributed by atoms with van der Waals surface area (Å²) in [5, 5.41) is 3.17. The molecule has 0 aliphatic heterocycles. The third-order valence-electron chi connectivity index (χ3n) is 1.86. The molecular weight excluding hydrogens is 180 g/mol. The Morgan fingerprint density at radius 2 is 1.92 bits per heavy atom. The Hall–Kier alpha value is -1.35. The van der Waals surface area contributed by atoms with Crippen LogP contribution in [0.5, 0.6) is 0 Å². The first-order valence-electron chi connectivity index (χ1n) is 4.11. The van der Waals surface area contributed by atoms with E-state index in [1.165, 1.54) is 0 Å². The number of H-pyrrole nitrogens is 1. The van der Waals surface area contributed by atoms with E-state index in [1.54, 1.807) is 0 Å². The second-order valence-corrected chi connectivity index (χ2v) is 3.37. The molecule has 13 heavy (non-hydrogen) atoms. The van der Waals surface area contributed by atoms with Gasteiger partial charge in [-0.3, -0.25) is 5.10 Å². The molecule has 2 nitrogen and oxygen atoms in total. The van der Waals surface area contributed by atoms with Crippen LogP contribution in [0.15, 0.2) is 36.4 Å². The minimum atomic E-state index is 0.809. The molecule has 0 atom stereocenters. The van der Waals surface area contributed by atoms with E-state index >= 15 is 0 Å². The summed E-state index contributed by atoms with van der Waals surface area (Å²) in [7, 11) is 0. The highest BCUT2D eigenvalue weighted by Crippen LogP contribution is 2.07. The quantitative estimate of drug-likeness (QED) is 0.686. The van der Waals surface area contributed by atoms with Crippen LogP contribution in [0.2, 0.25) is 0 Å². The monoisotopic (exact) mass is 190 g/mol. The molecule has 2 aromatic rings. The van der Waals surface area contributed by atoms with Crippen LogP contribution in [-0.4, -0.2) is 9.78 Å². The first-order chi connectivity index (χ1) is 6.27. The Balaban J connectivity index is 2.59. The van der Waals surface area contributed by atoms with Gasteiger partial charge in [-0.2, -0.15) is 0 Å². The Morgan fingerprint density at radius 3 is 2.46 bits per heavy atom. The van der Waals surface area contributed by atoms with Crippen LogP contribution in [0.25, 0.3) is 5.69 Å². The van der Waals surface area contributed by atoms with Crippen LogP contribution in [-0.2, 0) is 0 Å². The van der Waals surface area contributed by atoms with Gasteiger partial charge in [-0.1, -0.05) is 30.4 Å². The zero-order valence-electron chi connectivity index (χ0n) is 7.32. The van der Waals surface area contributed by atoms with Crippen molar-refractivity contribution in [1.29, 1.82) is 0 Å². The molecular formula is C10H10N2S. The van der Waals surface area contributed by atoms with E-state index < -0.39 is 0 Å². The molecule has 66 valence electrons. The molecule has 1 heterocycles. The summed E-state index contributed by atoms with van der Waals surface area (Å²) < 4.78 is 2.70. The van der Waals surface area contributed by atoms with Crippen molar-refractivity contribution in [3.8, 4) is 5.69 Å². The number of hydrogen-bond acceptors (Lipinski definition) is 1. The van der Waals surface area contributed by atoms with Gasteiger partial charge >= 0.3 is 0 Å². The van der Waals surface area contributed by atoms with Crippen molar-refractivity contribution in [3.63, 3.8) is 0 Å². The van der Waals surface area contributed by atoms with E-state index in [0.29, 0.717) is 0 Å². The van der Waals surface area contributed by atoms with E-state index in [9.17, 15) is 0 Å². The number of benzene rings is 1. The lowest BCUT2D eigenvalue weighted by atomic mass is 10.3. The van der Waals surface area contributed by atoms with Crippen molar-refractivity contribution in [1.82, 2.24) is 9.78 Å². The fraction of sp³-hybridized carbons (Fsp3) is 0.100. The normalized spacial score (nSPS) is 10.2. The highest BCUT2D eigenvalue weighted by Gasteiger charge is 1.97. The van der Waals surface area contributed by atoms with Crippen LogP contribution in [0.4, 0.5) is 0 Å². The molecule has 1 aromatic carbocycles. The van der Waals surface area contributed by atoms with E-state index in [4.69, 9.17) is 12.2 Å². The molecule has 0 aliphatic carbocycles. The molecule has 0 radical (unpaired) electrons. The standard InChI is InChI=1S/C10H10N2S/c1-8-7-10(13)12(11-8)9-5-3-2-4-6-9/h2-7,11H,1H3. The predicted octanol–water partition coefficient (Wildman–Crippen LogP) is 2.84. The number of hydrogen-bond donors (Lipinski definition) is 1. The van der Waals surface area contributed by atoms with Crippen LogP contribution < -0.4 is 0 Å². The first kappa shape index (κ1) is 8.26. The number of aromatic nitrogens is 2. The second-order valence-electron chi connectivity index (χ2n) is 2.95. The summed E-state index contributed by atoms with van der Waals surface area (Å²) in [6.07, 6.45) is 0. The van der Waals surface area contributed by atoms with Gasteiger partial charge in [-0.25, -0.2) is 4.68 Å². The van der Waals surface area contributed by atoms with Crippen molar-refractivity contribution in [2.24, 2.45) is 0 Å². The van der Waals surface area contributed by atoms with Gasteiger partial charge < -0.3 is 0 Å². The van der Waals surface area contributed by atoms with Gasteiger partial charge in [-0.05, 0) is 25.1 Å². The second kappa shape index (κ2) is 3.18. The van der Waals surface area contributed by atoms with Crippen molar-refractivity contribution < 1.29 is 0 Å². The smallest absolute Gasteiger partial charge is 0.127 e. The number of aryl methyl sites for hydroxylation is 1. The maximum absolute atomic E-state index is 5.19. The van der Waals surface area contributed by atoms with Crippen molar-refractivity contribution in [3.05, 3.63) is 46.7 Å².